The highest BCUT2D eigenvalue weighted by Crippen LogP contribution is 2.29. The first-order chi connectivity index (χ1) is 14.8. The summed E-state index contributed by atoms with van der Waals surface area (Å²) in [5, 5.41) is 8.26. The van der Waals surface area contributed by atoms with Crippen LogP contribution in [0.3, 0.4) is 0 Å². The van der Waals surface area contributed by atoms with Crippen LogP contribution >= 0.6 is 11.8 Å². The minimum absolute atomic E-state index is 0.0825. The zero-order chi connectivity index (χ0) is 22.4. The molecule has 0 atom stereocenters. The van der Waals surface area contributed by atoms with Gasteiger partial charge in [-0.3, -0.25) is 4.79 Å². The summed E-state index contributed by atoms with van der Waals surface area (Å²) in [6.45, 7) is 6.65. The van der Waals surface area contributed by atoms with Crippen molar-refractivity contribution < 1.29 is 23.4 Å². The van der Waals surface area contributed by atoms with Crippen LogP contribution in [-0.2, 0) is 12.0 Å². The lowest BCUT2D eigenvalue weighted by molar-refractivity contribution is 0.102. The molecule has 0 aliphatic heterocycles. The first-order valence-electron chi connectivity index (χ1n) is 9.74. The molecular formula is C23H26N2O5S. The summed E-state index contributed by atoms with van der Waals surface area (Å²) in [7, 11) is 3.08. The van der Waals surface area contributed by atoms with E-state index in [1.54, 1.807) is 25.3 Å². The van der Waals surface area contributed by atoms with Gasteiger partial charge >= 0.3 is 0 Å². The van der Waals surface area contributed by atoms with Crippen LogP contribution in [0, 0.1) is 0 Å². The topological polar surface area (TPSA) is 83.7 Å². The van der Waals surface area contributed by atoms with Crippen LogP contribution in [0.15, 0.2) is 52.1 Å². The first kappa shape index (κ1) is 22.7. The normalized spacial score (nSPS) is 11.3. The maximum absolute atomic E-state index is 12.5. The summed E-state index contributed by atoms with van der Waals surface area (Å²) >= 11 is 1.18. The fourth-order valence-corrected chi connectivity index (χ4v) is 3.45. The van der Waals surface area contributed by atoms with E-state index in [0.29, 0.717) is 28.2 Å². The van der Waals surface area contributed by atoms with Crippen molar-refractivity contribution in [2.75, 3.05) is 20.0 Å². The lowest BCUT2D eigenvalue weighted by Crippen LogP contribution is -2.10. The largest absolute Gasteiger partial charge is 0.493 e. The van der Waals surface area contributed by atoms with Gasteiger partial charge in [0.05, 0.1) is 20.0 Å². The third kappa shape index (κ3) is 6.01. The fraction of sp³-hybridized carbons (Fsp3) is 0.348. The minimum Gasteiger partial charge on any atom is -0.493 e. The highest BCUT2D eigenvalue weighted by molar-refractivity contribution is 7.99. The maximum atomic E-state index is 12.5. The Morgan fingerprint density at radius 1 is 1.00 bits per heavy atom. The Balaban J connectivity index is 1.52. The monoisotopic (exact) mass is 442 g/mol. The summed E-state index contributed by atoms with van der Waals surface area (Å²) in [6, 6.07) is 13.0. The average Bonchev–Trinajstić information content (AvgIpc) is 3.23. The van der Waals surface area contributed by atoms with Gasteiger partial charge in [-0.2, -0.15) is 0 Å². The van der Waals surface area contributed by atoms with Crippen molar-refractivity contribution in [1.82, 2.24) is 10.2 Å². The molecular weight excluding hydrogens is 416 g/mol. The molecule has 1 aromatic heterocycles. The van der Waals surface area contributed by atoms with Gasteiger partial charge in [0.1, 0.15) is 5.75 Å². The lowest BCUT2D eigenvalue weighted by Gasteiger charge is -2.19. The molecule has 2 aromatic carbocycles. The predicted molar refractivity (Wildman–Crippen MR) is 118 cm³/mol. The molecule has 0 fully saturated rings. The van der Waals surface area contributed by atoms with Gasteiger partial charge in [-0.05, 0) is 41.3 Å². The second-order valence-corrected chi connectivity index (χ2v) is 8.73. The van der Waals surface area contributed by atoms with Gasteiger partial charge in [0.2, 0.25) is 0 Å². The number of rotatable bonds is 9. The molecule has 3 aromatic rings. The van der Waals surface area contributed by atoms with E-state index in [1.165, 1.54) is 24.4 Å². The predicted octanol–water partition coefficient (Wildman–Crippen LogP) is 4.94. The second-order valence-electron chi connectivity index (χ2n) is 7.81. The number of aromatic nitrogens is 2. The van der Waals surface area contributed by atoms with Crippen molar-refractivity contribution in [3.8, 4) is 17.2 Å². The van der Waals surface area contributed by atoms with Gasteiger partial charge < -0.3 is 18.6 Å². The third-order valence-corrected chi connectivity index (χ3v) is 5.38. The summed E-state index contributed by atoms with van der Waals surface area (Å²) in [4.78, 5) is 12.5. The molecule has 8 heteroatoms. The summed E-state index contributed by atoms with van der Waals surface area (Å²) in [5.41, 5.74) is 1.84. The van der Waals surface area contributed by atoms with Gasteiger partial charge in [-0.25, -0.2) is 0 Å². The van der Waals surface area contributed by atoms with Crippen LogP contribution in [0.25, 0.3) is 0 Å². The number of hydrogen-bond acceptors (Lipinski definition) is 8. The molecule has 0 bridgehead atoms. The summed E-state index contributed by atoms with van der Waals surface area (Å²) in [5.74, 6) is 2.23. The molecule has 3 rings (SSSR count). The van der Waals surface area contributed by atoms with Crippen molar-refractivity contribution in [2.45, 2.75) is 38.0 Å². The molecule has 0 aliphatic carbocycles. The first-order valence-corrected chi connectivity index (χ1v) is 10.7. The highest BCUT2D eigenvalue weighted by Gasteiger charge is 2.15. The van der Waals surface area contributed by atoms with E-state index in [0.717, 1.165) is 5.75 Å². The number of benzene rings is 2. The van der Waals surface area contributed by atoms with Gasteiger partial charge in [0.15, 0.2) is 23.9 Å². The van der Waals surface area contributed by atoms with Crippen LogP contribution < -0.4 is 14.2 Å². The Hall–Kier alpha value is -3.00. The number of ketones is 1. The molecule has 0 unspecified atom stereocenters. The van der Waals surface area contributed by atoms with Gasteiger partial charge in [0, 0.05) is 5.56 Å². The molecule has 0 saturated heterocycles. The Labute approximate surface area is 186 Å². The number of carbonyl (C=O) groups is 1. The van der Waals surface area contributed by atoms with Gasteiger partial charge in [-0.15, -0.1) is 10.2 Å². The van der Waals surface area contributed by atoms with E-state index < -0.39 is 0 Å². The Bertz CT molecular complexity index is 1030. The van der Waals surface area contributed by atoms with E-state index in [2.05, 4.69) is 31.0 Å². The van der Waals surface area contributed by atoms with Crippen molar-refractivity contribution >= 4 is 17.5 Å². The highest BCUT2D eigenvalue weighted by atomic mass is 32.2. The minimum atomic E-state index is -0.0825. The maximum Gasteiger partial charge on any atom is 0.277 e. The molecule has 7 nitrogen and oxygen atoms in total. The number of ether oxygens (including phenoxy) is 3. The molecule has 0 saturated carbocycles. The van der Waals surface area contributed by atoms with Crippen LogP contribution in [-0.4, -0.2) is 36.0 Å². The third-order valence-electron chi connectivity index (χ3n) is 4.56. The van der Waals surface area contributed by atoms with Crippen LogP contribution in [0.2, 0.25) is 0 Å². The Kier molecular flexibility index (Phi) is 7.22. The van der Waals surface area contributed by atoms with Gasteiger partial charge in [-0.1, -0.05) is 44.7 Å². The lowest BCUT2D eigenvalue weighted by atomic mass is 9.87. The Morgan fingerprint density at radius 2 is 1.71 bits per heavy atom. The number of Topliss-reactive ketones (excluding diaryl/α,β-unsaturated/α-hetero) is 1. The number of thioether (sulfide) groups is 1. The molecule has 0 spiro atoms. The van der Waals surface area contributed by atoms with E-state index in [-0.39, 0.29) is 23.6 Å². The van der Waals surface area contributed by atoms with E-state index >= 15 is 0 Å². The summed E-state index contributed by atoms with van der Waals surface area (Å²) < 4.78 is 21.7. The van der Waals surface area contributed by atoms with E-state index in [1.807, 2.05) is 24.3 Å². The number of hydrogen-bond donors (Lipinski definition) is 0. The fourth-order valence-electron chi connectivity index (χ4n) is 2.77. The molecule has 31 heavy (non-hydrogen) atoms. The van der Waals surface area contributed by atoms with Gasteiger partial charge in [0.25, 0.3) is 11.1 Å². The number of methoxy groups -OCH3 is 2. The van der Waals surface area contributed by atoms with Crippen molar-refractivity contribution in [3.05, 3.63) is 59.5 Å². The Morgan fingerprint density at radius 3 is 2.35 bits per heavy atom. The molecule has 0 radical (unpaired) electrons. The zero-order valence-corrected chi connectivity index (χ0v) is 19.1. The van der Waals surface area contributed by atoms with Crippen molar-refractivity contribution in [3.63, 3.8) is 0 Å². The molecule has 1 heterocycles. The molecule has 0 N–H and O–H groups in total. The van der Waals surface area contributed by atoms with E-state index in [9.17, 15) is 4.79 Å². The number of carbonyl (C=O) groups excluding carboxylic acids is 1. The quantitative estimate of drug-likeness (QED) is 0.340. The second kappa shape index (κ2) is 9.87. The molecule has 0 aliphatic rings. The van der Waals surface area contributed by atoms with Crippen molar-refractivity contribution in [2.24, 2.45) is 0 Å². The average molecular weight is 443 g/mol. The smallest absolute Gasteiger partial charge is 0.277 e. The number of nitrogens with zero attached hydrogens (tertiary/aromatic N) is 2. The zero-order valence-electron chi connectivity index (χ0n) is 18.3. The molecule has 164 valence electrons. The van der Waals surface area contributed by atoms with Crippen molar-refractivity contribution in [1.29, 1.82) is 0 Å². The van der Waals surface area contributed by atoms with Crippen LogP contribution in [0.1, 0.15) is 42.6 Å². The summed E-state index contributed by atoms with van der Waals surface area (Å²) in [6.07, 6.45) is 0. The molecule has 0 amide bonds. The van der Waals surface area contributed by atoms with Crippen LogP contribution in [0.5, 0.6) is 17.2 Å². The van der Waals surface area contributed by atoms with E-state index in [4.69, 9.17) is 18.6 Å². The van der Waals surface area contributed by atoms with Crippen LogP contribution in [0.4, 0.5) is 0 Å². The SMILES string of the molecule is COc1ccc(C(=O)CSc2nnc(COc3ccc(C(C)(C)C)cc3)o2)cc1OC. The standard InChI is InChI=1S/C23H26N2O5S/c1-23(2,3)16-7-9-17(10-8-16)29-13-21-24-25-22(30-21)31-14-18(26)15-6-11-19(27-4)20(12-15)28-5/h6-12H,13-14H2,1-5H3.